The Kier molecular flexibility index (Phi) is 4.89. The fraction of sp³-hybridized carbons (Fsp3) is 0.111. The van der Waals surface area contributed by atoms with Gasteiger partial charge >= 0.3 is 5.97 Å². The summed E-state index contributed by atoms with van der Waals surface area (Å²) in [7, 11) is 0. The molecule has 0 N–H and O–H groups in total. The van der Waals surface area contributed by atoms with Gasteiger partial charge in [0.05, 0.1) is 11.6 Å². The Morgan fingerprint density at radius 3 is 2.57 bits per heavy atom. The van der Waals surface area contributed by atoms with E-state index in [-0.39, 0.29) is 12.6 Å². The van der Waals surface area contributed by atoms with E-state index < -0.39 is 0 Å². The van der Waals surface area contributed by atoms with Crippen molar-refractivity contribution in [2.75, 3.05) is 0 Å². The number of carbonyl (C=O) groups excluding carboxylic acids is 1. The smallest absolute Gasteiger partial charge is 0.331 e. The zero-order chi connectivity index (χ0) is 15.1. The number of benzene rings is 2. The third-order valence-electron chi connectivity index (χ3n) is 3.08. The Morgan fingerprint density at radius 2 is 1.90 bits per heavy atom. The highest BCUT2D eigenvalue weighted by atomic mass is 16.5. The summed E-state index contributed by atoms with van der Waals surface area (Å²) in [5.74, 6) is -0.386. The molecule has 0 aromatic heterocycles. The van der Waals surface area contributed by atoms with Gasteiger partial charge in [0, 0.05) is 6.08 Å². The predicted molar refractivity (Wildman–Crippen MR) is 81.2 cm³/mol. The Bertz CT molecular complexity index is 694. The van der Waals surface area contributed by atoms with E-state index in [9.17, 15) is 4.79 Å². The van der Waals surface area contributed by atoms with Crippen LogP contribution in [-0.4, -0.2) is 5.97 Å². The van der Waals surface area contributed by atoms with Gasteiger partial charge in [0.15, 0.2) is 0 Å². The fourth-order valence-corrected chi connectivity index (χ4v) is 1.80. The van der Waals surface area contributed by atoms with Crippen molar-refractivity contribution in [2.24, 2.45) is 0 Å². The van der Waals surface area contributed by atoms with E-state index in [0.717, 1.165) is 16.7 Å². The maximum Gasteiger partial charge on any atom is 0.331 e. The second-order valence-electron chi connectivity index (χ2n) is 4.60. The summed E-state index contributed by atoms with van der Waals surface area (Å²) in [6.07, 6.45) is 3.06. The molecule has 0 saturated heterocycles. The molecule has 104 valence electrons. The summed E-state index contributed by atoms with van der Waals surface area (Å²) in [6.45, 7) is 2.25. The normalized spacial score (nSPS) is 10.3. The fourth-order valence-electron chi connectivity index (χ4n) is 1.80. The molecule has 0 saturated carbocycles. The zero-order valence-electron chi connectivity index (χ0n) is 11.7. The first-order valence-corrected chi connectivity index (χ1v) is 6.58. The molecule has 2 aromatic carbocycles. The van der Waals surface area contributed by atoms with Crippen molar-refractivity contribution < 1.29 is 9.53 Å². The first kappa shape index (κ1) is 14.5. The van der Waals surface area contributed by atoms with Crippen molar-refractivity contribution in [1.82, 2.24) is 0 Å². The van der Waals surface area contributed by atoms with Crippen LogP contribution < -0.4 is 0 Å². The van der Waals surface area contributed by atoms with E-state index >= 15 is 0 Å². The molecule has 2 rings (SSSR count). The van der Waals surface area contributed by atoms with Crippen molar-refractivity contribution in [3.05, 3.63) is 76.9 Å². The highest BCUT2D eigenvalue weighted by Crippen LogP contribution is 2.09. The van der Waals surface area contributed by atoms with Gasteiger partial charge in [0.1, 0.15) is 6.61 Å². The summed E-state index contributed by atoms with van der Waals surface area (Å²) in [5, 5.41) is 8.71. The molecule has 0 radical (unpaired) electrons. The van der Waals surface area contributed by atoms with E-state index in [2.05, 4.69) is 0 Å². The van der Waals surface area contributed by atoms with Crippen LogP contribution in [0.1, 0.15) is 22.3 Å². The molecule has 0 heterocycles. The summed E-state index contributed by atoms with van der Waals surface area (Å²) in [4.78, 5) is 11.7. The molecule has 0 bridgehead atoms. The van der Waals surface area contributed by atoms with Crippen LogP contribution >= 0.6 is 0 Å². The number of hydrogen-bond acceptors (Lipinski definition) is 3. The Labute approximate surface area is 124 Å². The van der Waals surface area contributed by atoms with Crippen molar-refractivity contribution >= 4 is 12.0 Å². The van der Waals surface area contributed by atoms with E-state index in [1.807, 2.05) is 37.3 Å². The minimum Gasteiger partial charge on any atom is -0.458 e. The lowest BCUT2D eigenvalue weighted by Gasteiger charge is -2.05. The molecule has 0 spiro atoms. The lowest BCUT2D eigenvalue weighted by molar-refractivity contribution is -0.138. The molecule has 3 heteroatoms. The number of ether oxygens (including phenoxy) is 1. The first-order valence-electron chi connectivity index (χ1n) is 6.58. The standard InChI is InChI=1S/C18H15NO2/c1-14-4-2-3-5-17(14)13-21-18(20)11-10-15-6-8-16(12-19)9-7-15/h2-11H,13H2,1H3/b11-10+. The van der Waals surface area contributed by atoms with Crippen LogP contribution in [0.15, 0.2) is 54.6 Å². The molecule has 0 aliphatic rings. The summed E-state index contributed by atoms with van der Waals surface area (Å²) < 4.78 is 5.20. The van der Waals surface area contributed by atoms with Crippen LogP contribution in [0.25, 0.3) is 6.08 Å². The van der Waals surface area contributed by atoms with E-state index in [4.69, 9.17) is 10.00 Å². The Balaban J connectivity index is 1.91. The number of esters is 1. The largest absolute Gasteiger partial charge is 0.458 e. The highest BCUT2D eigenvalue weighted by Gasteiger charge is 2.01. The van der Waals surface area contributed by atoms with Crippen molar-refractivity contribution in [2.45, 2.75) is 13.5 Å². The van der Waals surface area contributed by atoms with Gasteiger partial charge in [0.2, 0.25) is 0 Å². The van der Waals surface area contributed by atoms with Gasteiger partial charge in [-0.3, -0.25) is 0 Å². The average molecular weight is 277 g/mol. The van der Waals surface area contributed by atoms with Crippen molar-refractivity contribution in [3.63, 3.8) is 0 Å². The minimum absolute atomic E-state index is 0.267. The van der Waals surface area contributed by atoms with Crippen LogP contribution in [0.4, 0.5) is 0 Å². The monoisotopic (exact) mass is 277 g/mol. The molecule has 21 heavy (non-hydrogen) atoms. The third-order valence-corrected chi connectivity index (χ3v) is 3.08. The SMILES string of the molecule is Cc1ccccc1COC(=O)/C=C/c1ccc(C#N)cc1. The minimum atomic E-state index is -0.386. The third kappa shape index (κ3) is 4.32. The Hall–Kier alpha value is -2.86. The number of hydrogen-bond donors (Lipinski definition) is 0. The summed E-state index contributed by atoms with van der Waals surface area (Å²) >= 11 is 0. The molecule has 0 atom stereocenters. The van der Waals surface area contributed by atoms with Crippen molar-refractivity contribution in [3.8, 4) is 6.07 Å². The van der Waals surface area contributed by atoms with Crippen LogP contribution in [-0.2, 0) is 16.1 Å². The highest BCUT2D eigenvalue weighted by molar-refractivity contribution is 5.87. The lowest BCUT2D eigenvalue weighted by Crippen LogP contribution is -2.01. The molecular weight excluding hydrogens is 262 g/mol. The summed E-state index contributed by atoms with van der Waals surface area (Å²) in [6, 6.07) is 16.8. The maximum absolute atomic E-state index is 11.7. The van der Waals surface area contributed by atoms with Gasteiger partial charge in [-0.25, -0.2) is 4.79 Å². The van der Waals surface area contributed by atoms with Crippen LogP contribution in [0.5, 0.6) is 0 Å². The van der Waals surface area contributed by atoms with E-state index in [0.29, 0.717) is 5.56 Å². The molecule has 0 fully saturated rings. The second-order valence-corrected chi connectivity index (χ2v) is 4.60. The van der Waals surface area contributed by atoms with Crippen molar-refractivity contribution in [1.29, 1.82) is 5.26 Å². The molecule has 0 amide bonds. The topological polar surface area (TPSA) is 50.1 Å². The molecular formula is C18H15NO2. The number of nitriles is 1. The number of aryl methyl sites for hydroxylation is 1. The molecule has 2 aromatic rings. The maximum atomic E-state index is 11.7. The Morgan fingerprint density at radius 1 is 1.19 bits per heavy atom. The quantitative estimate of drug-likeness (QED) is 0.633. The number of rotatable bonds is 4. The van der Waals surface area contributed by atoms with Gasteiger partial charge < -0.3 is 4.74 Å². The second kappa shape index (κ2) is 7.06. The van der Waals surface area contributed by atoms with Crippen LogP contribution in [0.2, 0.25) is 0 Å². The van der Waals surface area contributed by atoms with Gasteiger partial charge in [-0.05, 0) is 41.8 Å². The molecule has 0 aliphatic carbocycles. The van der Waals surface area contributed by atoms with Gasteiger partial charge in [-0.2, -0.15) is 5.26 Å². The van der Waals surface area contributed by atoms with E-state index in [1.54, 1.807) is 30.3 Å². The molecule has 0 unspecified atom stereocenters. The van der Waals surface area contributed by atoms with Gasteiger partial charge in [-0.1, -0.05) is 36.4 Å². The van der Waals surface area contributed by atoms with Crippen LogP contribution in [0.3, 0.4) is 0 Å². The average Bonchev–Trinajstić information content (AvgIpc) is 2.52. The number of nitrogens with zero attached hydrogens (tertiary/aromatic N) is 1. The zero-order valence-corrected chi connectivity index (χ0v) is 11.7. The molecule has 3 nitrogen and oxygen atoms in total. The van der Waals surface area contributed by atoms with E-state index in [1.165, 1.54) is 6.08 Å². The number of carbonyl (C=O) groups is 1. The summed E-state index contributed by atoms with van der Waals surface area (Å²) in [5.41, 5.74) is 3.54. The van der Waals surface area contributed by atoms with Gasteiger partial charge in [0.25, 0.3) is 0 Å². The van der Waals surface area contributed by atoms with Crippen LogP contribution in [0, 0.1) is 18.3 Å². The van der Waals surface area contributed by atoms with Gasteiger partial charge in [-0.15, -0.1) is 0 Å². The predicted octanol–water partition coefficient (Wildman–Crippen LogP) is 3.62. The lowest BCUT2D eigenvalue weighted by atomic mass is 10.1. The first-order chi connectivity index (χ1) is 10.2. The molecule has 0 aliphatic heterocycles.